The summed E-state index contributed by atoms with van der Waals surface area (Å²) in [5.74, 6) is 1.91. The van der Waals surface area contributed by atoms with Gasteiger partial charge in [0.15, 0.2) is 0 Å². The topological polar surface area (TPSA) is 64.6 Å². The molecule has 2 saturated heterocycles. The summed E-state index contributed by atoms with van der Waals surface area (Å²) in [5.41, 5.74) is 0. The third kappa shape index (κ3) is 4.62. The molecule has 3 heterocycles. The number of rotatable bonds is 3. The van der Waals surface area contributed by atoms with Crippen LogP contribution in [0.2, 0.25) is 0 Å². The second kappa shape index (κ2) is 9.25. The van der Waals surface area contributed by atoms with Gasteiger partial charge < -0.3 is 20.0 Å². The molecule has 1 N–H and O–H groups in total. The maximum Gasteiger partial charge on any atom is 0.239 e. The van der Waals surface area contributed by atoms with Gasteiger partial charge in [-0.25, -0.2) is 4.98 Å². The van der Waals surface area contributed by atoms with Gasteiger partial charge in [0.25, 0.3) is 0 Å². The fourth-order valence-electron chi connectivity index (χ4n) is 3.00. The fourth-order valence-corrected chi connectivity index (χ4v) is 3.00. The summed E-state index contributed by atoms with van der Waals surface area (Å²) in [6.45, 7) is 4.13. The van der Waals surface area contributed by atoms with Gasteiger partial charge in [-0.15, -0.1) is 24.8 Å². The monoisotopic (exact) mass is 376 g/mol. The summed E-state index contributed by atoms with van der Waals surface area (Å²) in [7, 11) is 3.87. The van der Waals surface area contributed by atoms with Crippen LogP contribution in [-0.2, 0) is 4.79 Å². The molecule has 2 aliphatic rings. The molecule has 2 aliphatic heterocycles. The number of hydrogen-bond acceptors (Lipinski definition) is 6. The summed E-state index contributed by atoms with van der Waals surface area (Å²) in [4.78, 5) is 27.3. The Morgan fingerprint density at radius 3 is 2.54 bits per heavy atom. The van der Waals surface area contributed by atoms with E-state index in [2.05, 4.69) is 20.2 Å². The molecule has 0 aromatic carbocycles. The van der Waals surface area contributed by atoms with Crippen LogP contribution >= 0.6 is 24.8 Å². The Kier molecular flexibility index (Phi) is 7.99. The van der Waals surface area contributed by atoms with Crippen molar-refractivity contribution in [3.63, 3.8) is 0 Å². The number of aromatic nitrogens is 2. The third-order valence-electron chi connectivity index (χ3n) is 4.30. The van der Waals surface area contributed by atoms with Gasteiger partial charge in [0.2, 0.25) is 11.9 Å². The number of carbonyl (C=O) groups is 1. The third-order valence-corrected chi connectivity index (χ3v) is 4.30. The van der Waals surface area contributed by atoms with E-state index in [4.69, 9.17) is 0 Å². The number of anilines is 2. The number of halogens is 2. The van der Waals surface area contributed by atoms with Crippen molar-refractivity contribution in [2.45, 2.75) is 18.9 Å². The van der Waals surface area contributed by atoms with Crippen LogP contribution < -0.4 is 15.1 Å². The van der Waals surface area contributed by atoms with Gasteiger partial charge in [-0.1, -0.05) is 0 Å². The molecule has 2 fully saturated rings. The van der Waals surface area contributed by atoms with Crippen LogP contribution in [0, 0.1) is 0 Å². The van der Waals surface area contributed by atoms with Crippen molar-refractivity contribution in [1.82, 2.24) is 20.2 Å². The van der Waals surface area contributed by atoms with Gasteiger partial charge in [0.05, 0.1) is 6.04 Å². The molecule has 1 aromatic heterocycles. The summed E-state index contributed by atoms with van der Waals surface area (Å²) >= 11 is 0. The van der Waals surface area contributed by atoms with Crippen molar-refractivity contribution >= 4 is 42.5 Å². The molecule has 7 nitrogen and oxygen atoms in total. The average molecular weight is 377 g/mol. The predicted molar refractivity (Wildman–Crippen MR) is 101 cm³/mol. The molecular weight excluding hydrogens is 351 g/mol. The molecule has 136 valence electrons. The van der Waals surface area contributed by atoms with Crippen LogP contribution in [0.25, 0.3) is 0 Å². The first-order valence-electron chi connectivity index (χ1n) is 7.92. The molecular formula is C15H26Cl2N6O. The highest BCUT2D eigenvalue weighted by molar-refractivity contribution is 5.85. The van der Waals surface area contributed by atoms with E-state index < -0.39 is 0 Å². The molecule has 0 radical (unpaired) electrons. The first-order chi connectivity index (χ1) is 10.6. The molecule has 1 unspecified atom stereocenters. The van der Waals surface area contributed by atoms with Crippen LogP contribution in [0.5, 0.6) is 0 Å². The molecule has 0 bridgehead atoms. The molecule has 0 saturated carbocycles. The summed E-state index contributed by atoms with van der Waals surface area (Å²) in [6.07, 6.45) is 3.86. The zero-order valence-corrected chi connectivity index (χ0v) is 15.8. The lowest BCUT2D eigenvalue weighted by molar-refractivity contribution is -0.133. The quantitative estimate of drug-likeness (QED) is 0.840. The highest BCUT2D eigenvalue weighted by Gasteiger charge is 2.29. The van der Waals surface area contributed by atoms with E-state index >= 15 is 0 Å². The summed E-state index contributed by atoms with van der Waals surface area (Å²) in [5, 5.41) is 3.29. The molecule has 3 rings (SSSR count). The Morgan fingerprint density at radius 2 is 1.96 bits per heavy atom. The Balaban J connectivity index is 0.00000144. The number of nitrogens with zero attached hydrogens (tertiary/aromatic N) is 5. The standard InChI is InChI=1S/C15H24N6O.2ClH/c1-19(2)15-17-7-5-13(18-15)20-8-10-21(11-9-20)14(22)12-4-3-6-16-12;;/h5,7,12,16H,3-4,6,8-11H2,1-2H3;2*1H. The van der Waals surface area contributed by atoms with Crippen LogP contribution in [0.4, 0.5) is 11.8 Å². The maximum atomic E-state index is 12.4. The van der Waals surface area contributed by atoms with Crippen LogP contribution in [0.15, 0.2) is 12.3 Å². The van der Waals surface area contributed by atoms with E-state index in [-0.39, 0.29) is 36.8 Å². The Hall–Kier alpha value is -1.31. The normalized spacial score (nSPS) is 20.2. The van der Waals surface area contributed by atoms with Crippen molar-refractivity contribution in [3.8, 4) is 0 Å². The van der Waals surface area contributed by atoms with Gasteiger partial charge in [0.1, 0.15) is 5.82 Å². The lowest BCUT2D eigenvalue weighted by atomic mass is 10.2. The van der Waals surface area contributed by atoms with Crippen LogP contribution in [0.1, 0.15) is 12.8 Å². The number of hydrogen-bond donors (Lipinski definition) is 1. The first-order valence-corrected chi connectivity index (χ1v) is 7.92. The van der Waals surface area contributed by atoms with Gasteiger partial charge in [-0.2, -0.15) is 4.98 Å². The maximum absolute atomic E-state index is 12.4. The zero-order valence-electron chi connectivity index (χ0n) is 14.1. The van der Waals surface area contributed by atoms with E-state index in [1.54, 1.807) is 6.20 Å². The minimum atomic E-state index is 0. The highest BCUT2D eigenvalue weighted by atomic mass is 35.5. The van der Waals surface area contributed by atoms with Gasteiger partial charge in [-0.05, 0) is 25.5 Å². The number of carbonyl (C=O) groups excluding carboxylic acids is 1. The number of piperazine rings is 1. The molecule has 1 aromatic rings. The molecule has 1 amide bonds. The van der Waals surface area contributed by atoms with Crippen LogP contribution in [-0.4, -0.2) is 73.6 Å². The molecule has 0 aliphatic carbocycles. The van der Waals surface area contributed by atoms with Gasteiger partial charge in [-0.3, -0.25) is 4.79 Å². The summed E-state index contributed by atoms with van der Waals surface area (Å²) < 4.78 is 0. The van der Waals surface area contributed by atoms with Crippen LogP contribution in [0.3, 0.4) is 0 Å². The SMILES string of the molecule is CN(C)c1nccc(N2CCN(C(=O)C3CCCN3)CC2)n1.Cl.Cl. The van der Waals surface area contributed by atoms with E-state index in [0.29, 0.717) is 5.95 Å². The average Bonchev–Trinajstić information content (AvgIpc) is 3.09. The van der Waals surface area contributed by atoms with E-state index in [0.717, 1.165) is 51.4 Å². The van der Waals surface area contributed by atoms with E-state index in [9.17, 15) is 4.79 Å². The van der Waals surface area contributed by atoms with Crippen molar-refractivity contribution in [1.29, 1.82) is 0 Å². The Bertz CT molecular complexity index is 530. The minimum absolute atomic E-state index is 0. The summed E-state index contributed by atoms with van der Waals surface area (Å²) in [6, 6.07) is 1.97. The lowest BCUT2D eigenvalue weighted by Gasteiger charge is -2.36. The minimum Gasteiger partial charge on any atom is -0.353 e. The fraction of sp³-hybridized carbons (Fsp3) is 0.667. The Labute approximate surface area is 155 Å². The number of amides is 1. The van der Waals surface area contributed by atoms with E-state index in [1.165, 1.54) is 0 Å². The van der Waals surface area contributed by atoms with Gasteiger partial charge >= 0.3 is 0 Å². The largest absolute Gasteiger partial charge is 0.353 e. The predicted octanol–water partition coefficient (Wildman–Crippen LogP) is 0.787. The van der Waals surface area contributed by atoms with E-state index in [1.807, 2.05) is 30.0 Å². The smallest absolute Gasteiger partial charge is 0.239 e. The van der Waals surface area contributed by atoms with Crippen molar-refractivity contribution < 1.29 is 4.79 Å². The Morgan fingerprint density at radius 1 is 1.25 bits per heavy atom. The van der Waals surface area contributed by atoms with Gasteiger partial charge in [0, 0.05) is 46.5 Å². The molecule has 9 heteroatoms. The second-order valence-corrected chi connectivity index (χ2v) is 6.07. The molecule has 0 spiro atoms. The second-order valence-electron chi connectivity index (χ2n) is 6.07. The molecule has 24 heavy (non-hydrogen) atoms. The zero-order chi connectivity index (χ0) is 15.5. The number of nitrogens with one attached hydrogen (secondary N) is 1. The molecule has 1 atom stereocenters. The van der Waals surface area contributed by atoms with Crippen molar-refractivity contribution in [3.05, 3.63) is 12.3 Å². The van der Waals surface area contributed by atoms with Crippen molar-refractivity contribution in [2.75, 3.05) is 56.6 Å². The highest BCUT2D eigenvalue weighted by Crippen LogP contribution is 2.17. The van der Waals surface area contributed by atoms with Crippen molar-refractivity contribution in [2.24, 2.45) is 0 Å². The lowest BCUT2D eigenvalue weighted by Crippen LogP contribution is -2.53. The first kappa shape index (κ1) is 20.7.